The third-order valence-corrected chi connectivity index (χ3v) is 2.35. The quantitative estimate of drug-likeness (QED) is 0.748. The summed E-state index contributed by atoms with van der Waals surface area (Å²) in [4.78, 5) is 0. The first-order valence-corrected chi connectivity index (χ1v) is 4.45. The summed E-state index contributed by atoms with van der Waals surface area (Å²) in [5, 5.41) is 4.13. The van der Waals surface area contributed by atoms with Crippen molar-refractivity contribution in [2.45, 2.75) is 13.8 Å². The maximum Gasteiger partial charge on any atom is 0.156 e. The highest BCUT2D eigenvalue weighted by Crippen LogP contribution is 2.29. The van der Waals surface area contributed by atoms with E-state index in [0.717, 1.165) is 22.8 Å². The molecule has 0 saturated carbocycles. The molecule has 0 aliphatic heterocycles. The van der Waals surface area contributed by atoms with Gasteiger partial charge in [0, 0.05) is 12.7 Å². The number of aryl methyl sites for hydroxylation is 2. The first kappa shape index (κ1) is 8.87. The summed E-state index contributed by atoms with van der Waals surface area (Å²) < 4.78 is 7.26. The molecule has 0 bridgehead atoms. The van der Waals surface area contributed by atoms with Crippen LogP contribution in [-0.4, -0.2) is 9.78 Å². The second-order valence-corrected chi connectivity index (χ2v) is 3.38. The molecule has 2 aromatic heterocycles. The van der Waals surface area contributed by atoms with Crippen LogP contribution in [0.3, 0.4) is 0 Å². The van der Waals surface area contributed by atoms with Gasteiger partial charge >= 0.3 is 0 Å². The van der Waals surface area contributed by atoms with E-state index in [2.05, 4.69) is 5.10 Å². The van der Waals surface area contributed by atoms with E-state index >= 15 is 0 Å². The number of furan rings is 1. The Hall–Kier alpha value is -1.71. The largest absolute Gasteiger partial charge is 0.461 e. The second kappa shape index (κ2) is 2.90. The van der Waals surface area contributed by atoms with Gasteiger partial charge in [0.25, 0.3) is 0 Å². The zero-order chi connectivity index (χ0) is 10.3. The number of anilines is 1. The Morgan fingerprint density at radius 3 is 2.50 bits per heavy atom. The summed E-state index contributed by atoms with van der Waals surface area (Å²) in [6, 6.07) is 3.83. The molecule has 0 aliphatic rings. The smallest absolute Gasteiger partial charge is 0.156 e. The van der Waals surface area contributed by atoms with Gasteiger partial charge in [-0.3, -0.25) is 4.68 Å². The zero-order valence-electron chi connectivity index (χ0n) is 8.53. The molecule has 4 heteroatoms. The van der Waals surface area contributed by atoms with Crippen LogP contribution in [0.1, 0.15) is 11.5 Å². The number of nitrogens with zero attached hydrogens (tertiary/aromatic N) is 2. The van der Waals surface area contributed by atoms with Gasteiger partial charge in [0.15, 0.2) is 5.82 Å². The lowest BCUT2D eigenvalue weighted by molar-refractivity contribution is 0.548. The monoisotopic (exact) mass is 191 g/mol. The molecule has 0 aliphatic carbocycles. The summed E-state index contributed by atoms with van der Waals surface area (Å²) in [5.41, 5.74) is 7.69. The predicted octanol–water partition coefficient (Wildman–Crippen LogP) is 1.88. The highest BCUT2D eigenvalue weighted by Gasteiger charge is 2.14. The molecule has 0 atom stereocenters. The number of nitrogens with two attached hydrogens (primary N) is 1. The lowest BCUT2D eigenvalue weighted by Gasteiger charge is -1.96. The molecule has 2 rings (SSSR count). The van der Waals surface area contributed by atoms with Crippen LogP contribution in [-0.2, 0) is 7.05 Å². The first-order chi connectivity index (χ1) is 6.59. The molecule has 0 aromatic carbocycles. The highest BCUT2D eigenvalue weighted by atomic mass is 16.3. The fourth-order valence-corrected chi connectivity index (χ4v) is 1.51. The van der Waals surface area contributed by atoms with Crippen LogP contribution in [0.5, 0.6) is 0 Å². The summed E-state index contributed by atoms with van der Waals surface area (Å²) >= 11 is 0. The van der Waals surface area contributed by atoms with Crippen LogP contribution in [0.2, 0.25) is 0 Å². The van der Waals surface area contributed by atoms with Crippen LogP contribution < -0.4 is 5.73 Å². The van der Waals surface area contributed by atoms with E-state index in [1.54, 1.807) is 4.68 Å². The Kier molecular flexibility index (Phi) is 1.84. The average molecular weight is 191 g/mol. The molecule has 0 fully saturated rings. The van der Waals surface area contributed by atoms with E-state index in [1.807, 2.05) is 33.0 Å². The van der Waals surface area contributed by atoms with Gasteiger partial charge in [-0.25, -0.2) is 0 Å². The van der Waals surface area contributed by atoms with Crippen molar-refractivity contribution in [3.05, 3.63) is 23.6 Å². The first-order valence-electron chi connectivity index (χ1n) is 4.45. The van der Waals surface area contributed by atoms with Crippen molar-refractivity contribution < 1.29 is 4.42 Å². The van der Waals surface area contributed by atoms with Crippen LogP contribution in [0, 0.1) is 13.8 Å². The molecule has 0 amide bonds. The molecule has 74 valence electrons. The van der Waals surface area contributed by atoms with Gasteiger partial charge in [0.1, 0.15) is 11.5 Å². The fraction of sp³-hybridized carbons (Fsp3) is 0.300. The van der Waals surface area contributed by atoms with E-state index in [0.29, 0.717) is 5.82 Å². The van der Waals surface area contributed by atoms with E-state index in [-0.39, 0.29) is 0 Å². The second-order valence-electron chi connectivity index (χ2n) is 3.38. The average Bonchev–Trinajstić information content (AvgIpc) is 2.60. The number of nitrogen functional groups attached to an aromatic ring is 1. The summed E-state index contributed by atoms with van der Waals surface area (Å²) in [7, 11) is 1.87. The third-order valence-electron chi connectivity index (χ3n) is 2.35. The van der Waals surface area contributed by atoms with Gasteiger partial charge in [-0.1, -0.05) is 0 Å². The van der Waals surface area contributed by atoms with Crippen LogP contribution in [0.4, 0.5) is 5.82 Å². The Balaban J connectivity index is 2.61. The number of rotatable bonds is 1. The van der Waals surface area contributed by atoms with E-state index < -0.39 is 0 Å². The number of hydrogen-bond acceptors (Lipinski definition) is 3. The van der Waals surface area contributed by atoms with Crippen molar-refractivity contribution in [2.24, 2.45) is 7.05 Å². The van der Waals surface area contributed by atoms with Crippen molar-refractivity contribution in [2.75, 3.05) is 5.73 Å². The molecule has 0 saturated heterocycles. The van der Waals surface area contributed by atoms with E-state index in [4.69, 9.17) is 10.2 Å². The molecule has 2 aromatic rings. The van der Waals surface area contributed by atoms with Gasteiger partial charge in [-0.2, -0.15) is 5.10 Å². The maximum atomic E-state index is 5.79. The standard InChI is InChI=1S/C10H13N3O/c1-6-4-5-8(14-6)9-7(2)13(3)12-10(9)11/h4-5H,1-3H3,(H2,11,12). The maximum absolute atomic E-state index is 5.79. The summed E-state index contributed by atoms with van der Waals surface area (Å²) in [6.07, 6.45) is 0. The Bertz CT molecular complexity index is 468. The minimum absolute atomic E-state index is 0.513. The Morgan fingerprint density at radius 2 is 2.07 bits per heavy atom. The van der Waals surface area contributed by atoms with Gasteiger partial charge in [-0.15, -0.1) is 0 Å². The van der Waals surface area contributed by atoms with Crippen molar-refractivity contribution in [3.63, 3.8) is 0 Å². The third kappa shape index (κ3) is 1.19. The minimum Gasteiger partial charge on any atom is -0.461 e. The van der Waals surface area contributed by atoms with Gasteiger partial charge in [0.05, 0.1) is 5.56 Å². The molecule has 0 unspecified atom stereocenters. The normalized spacial score (nSPS) is 10.8. The molecule has 2 N–H and O–H groups in total. The van der Waals surface area contributed by atoms with E-state index in [9.17, 15) is 0 Å². The van der Waals surface area contributed by atoms with Crippen molar-refractivity contribution in [1.29, 1.82) is 0 Å². The lowest BCUT2D eigenvalue weighted by Crippen LogP contribution is -1.93. The van der Waals surface area contributed by atoms with Crippen LogP contribution in [0.25, 0.3) is 11.3 Å². The Morgan fingerprint density at radius 1 is 1.36 bits per heavy atom. The van der Waals surface area contributed by atoms with Gasteiger partial charge in [-0.05, 0) is 26.0 Å². The molecule has 4 nitrogen and oxygen atoms in total. The molecule has 14 heavy (non-hydrogen) atoms. The molecular weight excluding hydrogens is 178 g/mol. The van der Waals surface area contributed by atoms with Crippen molar-refractivity contribution in [3.8, 4) is 11.3 Å². The molecule has 2 heterocycles. The van der Waals surface area contributed by atoms with Crippen LogP contribution in [0.15, 0.2) is 16.5 Å². The predicted molar refractivity (Wildman–Crippen MR) is 54.8 cm³/mol. The van der Waals surface area contributed by atoms with Gasteiger partial charge in [0.2, 0.25) is 0 Å². The zero-order valence-corrected chi connectivity index (χ0v) is 8.53. The van der Waals surface area contributed by atoms with Crippen molar-refractivity contribution >= 4 is 5.82 Å². The molecule has 0 radical (unpaired) electrons. The fourth-order valence-electron chi connectivity index (χ4n) is 1.51. The minimum atomic E-state index is 0.513. The number of hydrogen-bond donors (Lipinski definition) is 1. The number of aromatic nitrogens is 2. The Labute approximate surface area is 82.3 Å². The molecular formula is C10H13N3O. The van der Waals surface area contributed by atoms with Crippen LogP contribution >= 0.6 is 0 Å². The topological polar surface area (TPSA) is 57.0 Å². The lowest BCUT2D eigenvalue weighted by atomic mass is 10.2. The SMILES string of the molecule is Cc1ccc(-c2c(N)nn(C)c2C)o1. The highest BCUT2D eigenvalue weighted by molar-refractivity contribution is 5.72. The van der Waals surface area contributed by atoms with Crippen molar-refractivity contribution in [1.82, 2.24) is 9.78 Å². The summed E-state index contributed by atoms with van der Waals surface area (Å²) in [5.74, 6) is 2.17. The molecule has 0 spiro atoms. The summed E-state index contributed by atoms with van der Waals surface area (Å²) in [6.45, 7) is 3.88. The van der Waals surface area contributed by atoms with E-state index in [1.165, 1.54) is 0 Å². The van der Waals surface area contributed by atoms with Gasteiger partial charge < -0.3 is 10.2 Å².